The number of hydrogen-bond donors (Lipinski definition) is 5. The SMILES string of the molecule is CCCS(=O)(=O)Nc1ccc(F)c(C(=O)c2c[nH]c3ncc(-c4ccc5[nH]ncc5c4)cc23)c1F.CCCS(=O)(=O)Nc1ccc(F)c(C(=O)c2c[nH]c3ncc(-c4ccc5c(cnn5C(C)=O)c4)cc23)c1F. The largest absolute Gasteiger partial charge is 0.345 e. The quantitative estimate of drug-likeness (QED) is 0.0507. The van der Waals surface area contributed by atoms with Gasteiger partial charge in [-0.05, 0) is 84.6 Å². The number of pyridine rings is 2. The fraction of sp³-hybridized carbons (Fsp3) is 0.140. The zero-order valence-corrected chi connectivity index (χ0v) is 40.3. The molecule has 0 aliphatic heterocycles. The van der Waals surface area contributed by atoms with Gasteiger partial charge in [0.1, 0.15) is 22.9 Å². The number of benzene rings is 4. The third-order valence-corrected chi connectivity index (χ3v) is 14.6. The Labute approximate surface area is 412 Å². The van der Waals surface area contributed by atoms with Crippen LogP contribution in [0.15, 0.2) is 110 Å². The van der Waals surface area contributed by atoms with Crippen LogP contribution >= 0.6 is 0 Å². The van der Waals surface area contributed by atoms with E-state index in [1.54, 1.807) is 62.9 Å². The number of carbonyl (C=O) groups is 3. The summed E-state index contributed by atoms with van der Waals surface area (Å²) in [6, 6.07) is 17.9. The maximum atomic E-state index is 15.3. The predicted molar refractivity (Wildman–Crippen MR) is 267 cm³/mol. The summed E-state index contributed by atoms with van der Waals surface area (Å²) in [6.07, 6.45) is 9.68. The topological polar surface area (TPSA) is 247 Å². The van der Waals surface area contributed by atoms with E-state index in [1.165, 1.54) is 24.0 Å². The van der Waals surface area contributed by atoms with Crippen molar-refractivity contribution in [1.82, 2.24) is 39.9 Å². The number of nitrogens with one attached hydrogen (secondary N) is 5. The maximum Gasteiger partial charge on any atom is 0.244 e. The first-order valence-electron chi connectivity index (χ1n) is 22.3. The smallest absolute Gasteiger partial charge is 0.244 e. The number of halogens is 4. The molecule has 0 radical (unpaired) electrons. The van der Waals surface area contributed by atoms with E-state index in [1.807, 2.05) is 24.3 Å². The second-order valence-electron chi connectivity index (χ2n) is 16.7. The summed E-state index contributed by atoms with van der Waals surface area (Å²) in [4.78, 5) is 52.7. The van der Waals surface area contributed by atoms with Crippen LogP contribution in [0.1, 0.15) is 70.3 Å². The molecule has 0 fully saturated rings. The molecule has 372 valence electrons. The van der Waals surface area contributed by atoms with E-state index in [-0.39, 0.29) is 28.5 Å². The van der Waals surface area contributed by atoms with E-state index in [0.29, 0.717) is 51.6 Å². The molecule has 0 unspecified atom stereocenters. The normalized spacial score (nSPS) is 11.8. The molecule has 0 aliphatic rings. The van der Waals surface area contributed by atoms with E-state index < -0.39 is 77.4 Å². The zero-order chi connectivity index (χ0) is 51.9. The van der Waals surface area contributed by atoms with Crippen LogP contribution in [0, 0.1) is 23.3 Å². The van der Waals surface area contributed by atoms with Gasteiger partial charge in [0.25, 0.3) is 0 Å². The molecule has 23 heteroatoms. The molecule has 0 aliphatic carbocycles. The van der Waals surface area contributed by atoms with Gasteiger partial charge in [-0.15, -0.1) is 0 Å². The standard InChI is InChI=1S/C26H21F2N5O4S.C24H19F2N5O3S/c1-3-8-38(36,37)32-21-6-5-20(27)23(24(21)28)25(35)19-13-30-26-18(19)10-16(11-29-26)15-4-7-22-17(9-15)12-31-33(22)14(2)34;1-2-7-35(33,34)31-20-6-4-18(25)21(22(20)26)23(32)17-12-28-24-16(17)9-14(10-27-24)13-3-5-19-15(8-13)11-29-30-19/h4-7,9-13,32H,3,8H2,1-2H3,(H,29,30);3-6,8-12,31H,2,7H2,1H3,(H,27,28)(H,29,30). The van der Waals surface area contributed by atoms with Gasteiger partial charge in [0.15, 0.2) is 11.6 Å². The van der Waals surface area contributed by atoms with Gasteiger partial charge >= 0.3 is 0 Å². The highest BCUT2D eigenvalue weighted by molar-refractivity contribution is 7.92. The molecule has 6 heterocycles. The number of anilines is 2. The van der Waals surface area contributed by atoms with Gasteiger partial charge < -0.3 is 9.97 Å². The third-order valence-electron chi connectivity index (χ3n) is 11.6. The van der Waals surface area contributed by atoms with Crippen LogP contribution < -0.4 is 9.44 Å². The fourth-order valence-electron chi connectivity index (χ4n) is 8.21. The molecular formula is C50H40F4N10O7S2. The van der Waals surface area contributed by atoms with Gasteiger partial charge in [-0.25, -0.2) is 49.0 Å². The first-order valence-corrected chi connectivity index (χ1v) is 25.6. The van der Waals surface area contributed by atoms with Gasteiger partial charge in [-0.1, -0.05) is 26.0 Å². The highest BCUT2D eigenvalue weighted by atomic mass is 32.2. The lowest BCUT2D eigenvalue weighted by molar-refractivity contribution is 0.0925. The van der Waals surface area contributed by atoms with Crippen molar-refractivity contribution in [3.63, 3.8) is 0 Å². The average molecular weight is 1030 g/mol. The Morgan fingerprint density at radius 3 is 1.59 bits per heavy atom. The monoisotopic (exact) mass is 1030 g/mol. The summed E-state index contributed by atoms with van der Waals surface area (Å²) in [5, 5.41) is 13.3. The summed E-state index contributed by atoms with van der Waals surface area (Å²) in [5.41, 5.74) is 2.25. The lowest BCUT2D eigenvalue weighted by Crippen LogP contribution is -2.18. The van der Waals surface area contributed by atoms with Crippen molar-refractivity contribution in [2.75, 3.05) is 20.9 Å². The van der Waals surface area contributed by atoms with Gasteiger partial charge in [0.05, 0.1) is 57.4 Å². The number of nitrogens with zero attached hydrogens (tertiary/aromatic N) is 5. The number of H-pyrrole nitrogens is 3. The lowest BCUT2D eigenvalue weighted by atomic mass is 9.99. The van der Waals surface area contributed by atoms with Crippen LogP contribution in [0.3, 0.4) is 0 Å². The Balaban J connectivity index is 0.000000180. The van der Waals surface area contributed by atoms with Crippen molar-refractivity contribution in [2.24, 2.45) is 0 Å². The molecule has 0 atom stereocenters. The number of sulfonamides is 2. The summed E-state index contributed by atoms with van der Waals surface area (Å²) < 4.78 is 114. The van der Waals surface area contributed by atoms with E-state index in [0.717, 1.165) is 51.7 Å². The Kier molecular flexibility index (Phi) is 13.2. The summed E-state index contributed by atoms with van der Waals surface area (Å²) in [7, 11) is -7.72. The van der Waals surface area contributed by atoms with E-state index >= 15 is 8.78 Å². The van der Waals surface area contributed by atoms with Crippen LogP contribution in [-0.2, 0) is 20.0 Å². The highest BCUT2D eigenvalue weighted by Gasteiger charge is 2.28. The molecular weight excluding hydrogens is 993 g/mol. The van der Waals surface area contributed by atoms with E-state index in [4.69, 9.17) is 0 Å². The molecule has 5 N–H and O–H groups in total. The van der Waals surface area contributed by atoms with Gasteiger partial charge in [0.2, 0.25) is 37.5 Å². The Morgan fingerprint density at radius 2 is 1.10 bits per heavy atom. The number of hydrogen-bond acceptors (Lipinski definition) is 11. The van der Waals surface area contributed by atoms with Crippen molar-refractivity contribution < 1.29 is 48.8 Å². The molecule has 6 aromatic heterocycles. The van der Waals surface area contributed by atoms with Gasteiger partial charge in [0, 0.05) is 75.5 Å². The number of ketones is 2. The summed E-state index contributed by atoms with van der Waals surface area (Å²) in [6.45, 7) is 4.71. The van der Waals surface area contributed by atoms with E-state index in [9.17, 15) is 40.0 Å². The van der Waals surface area contributed by atoms with Crippen molar-refractivity contribution in [1.29, 1.82) is 0 Å². The molecule has 0 amide bonds. The molecule has 0 saturated carbocycles. The zero-order valence-electron chi connectivity index (χ0n) is 38.6. The average Bonchev–Trinajstić information content (AvgIpc) is 4.18. The molecule has 73 heavy (non-hydrogen) atoms. The molecule has 0 saturated heterocycles. The minimum absolute atomic E-state index is 0.00473. The number of carbonyl (C=O) groups excluding carboxylic acids is 3. The molecule has 4 aromatic carbocycles. The van der Waals surface area contributed by atoms with Crippen LogP contribution in [0.5, 0.6) is 0 Å². The minimum Gasteiger partial charge on any atom is -0.345 e. The molecule has 0 bridgehead atoms. The van der Waals surface area contributed by atoms with E-state index in [2.05, 4.69) is 44.7 Å². The van der Waals surface area contributed by atoms with Gasteiger partial charge in [-0.3, -0.25) is 28.9 Å². The number of rotatable bonds is 14. The van der Waals surface area contributed by atoms with Crippen LogP contribution in [0.4, 0.5) is 28.9 Å². The Morgan fingerprint density at radius 1 is 0.603 bits per heavy atom. The maximum absolute atomic E-state index is 15.3. The second kappa shape index (κ2) is 19.6. The third kappa shape index (κ3) is 9.78. The van der Waals surface area contributed by atoms with Gasteiger partial charge in [-0.2, -0.15) is 10.2 Å². The van der Waals surface area contributed by atoms with Crippen molar-refractivity contribution >= 4 is 92.8 Å². The predicted octanol–water partition coefficient (Wildman–Crippen LogP) is 9.67. The Bertz CT molecular complexity index is 4090. The summed E-state index contributed by atoms with van der Waals surface area (Å²) >= 11 is 0. The summed E-state index contributed by atoms with van der Waals surface area (Å²) in [5.74, 6) is -7.45. The Hall–Kier alpha value is -8.57. The lowest BCUT2D eigenvalue weighted by Gasteiger charge is -2.11. The number of fused-ring (bicyclic) bond motifs is 4. The number of aromatic nitrogens is 8. The first-order chi connectivity index (χ1) is 34.9. The van der Waals surface area contributed by atoms with Crippen LogP contribution in [-0.4, -0.2) is 85.7 Å². The molecule has 10 aromatic rings. The fourth-order valence-corrected chi connectivity index (χ4v) is 10.5. The van der Waals surface area contributed by atoms with Crippen LogP contribution in [0.2, 0.25) is 0 Å². The van der Waals surface area contributed by atoms with Crippen molar-refractivity contribution in [3.8, 4) is 22.3 Å². The molecule has 17 nitrogen and oxygen atoms in total. The minimum atomic E-state index is -3.87. The number of aromatic amines is 3. The van der Waals surface area contributed by atoms with Crippen molar-refractivity contribution in [2.45, 2.75) is 33.6 Å². The second-order valence-corrected chi connectivity index (χ2v) is 20.4. The van der Waals surface area contributed by atoms with Crippen molar-refractivity contribution in [3.05, 3.63) is 156 Å². The molecule has 0 spiro atoms. The first kappa shape index (κ1) is 49.4. The molecule has 10 rings (SSSR count). The van der Waals surface area contributed by atoms with Crippen LogP contribution in [0.25, 0.3) is 66.1 Å². The highest BCUT2D eigenvalue weighted by Crippen LogP contribution is 2.33.